The molecule has 2 heterocycles. The van der Waals surface area contributed by atoms with Crippen molar-refractivity contribution < 1.29 is 13.6 Å². The minimum absolute atomic E-state index is 0. The fourth-order valence-electron chi connectivity index (χ4n) is 3.41. The Balaban J connectivity index is 0.00000261. The molecule has 0 radical (unpaired) electrons. The third kappa shape index (κ3) is 6.87. The lowest BCUT2D eigenvalue weighted by Crippen LogP contribution is -2.40. The summed E-state index contributed by atoms with van der Waals surface area (Å²) in [6, 6.07) is 7.60. The largest absolute Gasteiger partial charge is 0.355 e. The van der Waals surface area contributed by atoms with Crippen molar-refractivity contribution in [3.63, 3.8) is 0 Å². The Hall–Kier alpha value is -1.50. The Kier molecular flexibility index (Phi) is 8.67. The van der Waals surface area contributed by atoms with Crippen LogP contribution >= 0.6 is 23.7 Å². The first-order valence-corrected chi connectivity index (χ1v) is 9.93. The van der Waals surface area contributed by atoms with Crippen LogP contribution in [0.2, 0.25) is 0 Å². The van der Waals surface area contributed by atoms with Crippen molar-refractivity contribution in [1.29, 1.82) is 0 Å². The molecule has 7 heteroatoms. The molecule has 1 aliphatic rings. The minimum Gasteiger partial charge on any atom is -0.355 e. The molecule has 1 fully saturated rings. The minimum atomic E-state index is -0.378. The van der Waals surface area contributed by atoms with Crippen LogP contribution in [0.15, 0.2) is 35.7 Å². The molecule has 0 aliphatic carbocycles. The second-order valence-corrected chi connectivity index (χ2v) is 7.86. The van der Waals surface area contributed by atoms with Crippen LogP contribution < -0.4 is 5.32 Å². The molecule has 0 spiro atoms. The highest BCUT2D eigenvalue weighted by Gasteiger charge is 2.20. The summed E-state index contributed by atoms with van der Waals surface area (Å²) in [7, 11) is 0. The number of piperidine rings is 1. The van der Waals surface area contributed by atoms with Gasteiger partial charge in [-0.2, -0.15) is 0 Å². The molecule has 1 amide bonds. The molecule has 0 bridgehead atoms. The summed E-state index contributed by atoms with van der Waals surface area (Å²) in [5.74, 6) is -0.251. The van der Waals surface area contributed by atoms with Gasteiger partial charge in [0.25, 0.3) is 0 Å². The first-order chi connectivity index (χ1) is 12.6. The number of likely N-dealkylation sites (tertiary alicyclic amines) is 1. The van der Waals surface area contributed by atoms with Crippen LogP contribution in [0.3, 0.4) is 0 Å². The highest BCUT2D eigenvalue weighted by atomic mass is 35.5. The van der Waals surface area contributed by atoms with Crippen molar-refractivity contribution in [3.8, 4) is 0 Å². The number of amides is 1. The van der Waals surface area contributed by atoms with E-state index in [1.54, 1.807) is 11.3 Å². The Morgan fingerprint density at radius 2 is 2.00 bits per heavy atom. The van der Waals surface area contributed by atoms with Crippen LogP contribution in [-0.2, 0) is 17.6 Å². The molecule has 3 nitrogen and oxygen atoms in total. The van der Waals surface area contributed by atoms with Crippen LogP contribution in [0, 0.1) is 17.6 Å². The summed E-state index contributed by atoms with van der Waals surface area (Å²) in [5.41, 5.74) is 0.476. The molecule has 1 aromatic heterocycles. The quantitative estimate of drug-likeness (QED) is 0.741. The second-order valence-electron chi connectivity index (χ2n) is 6.83. The molecule has 1 aromatic carbocycles. The van der Waals surface area contributed by atoms with E-state index in [2.05, 4.69) is 10.2 Å². The van der Waals surface area contributed by atoms with Crippen molar-refractivity contribution in [1.82, 2.24) is 10.2 Å². The molecule has 1 saturated heterocycles. The van der Waals surface area contributed by atoms with Gasteiger partial charge in [0.1, 0.15) is 11.6 Å². The second kappa shape index (κ2) is 10.7. The van der Waals surface area contributed by atoms with E-state index in [0.717, 1.165) is 43.4 Å². The Morgan fingerprint density at radius 1 is 1.22 bits per heavy atom. The topological polar surface area (TPSA) is 32.3 Å². The van der Waals surface area contributed by atoms with E-state index < -0.39 is 0 Å². The number of hydrogen-bond donors (Lipinski definition) is 1. The number of carbonyl (C=O) groups is 1. The van der Waals surface area contributed by atoms with Crippen molar-refractivity contribution in [2.45, 2.75) is 25.7 Å². The number of nitrogens with zero attached hydrogens (tertiary/aromatic N) is 1. The first-order valence-electron chi connectivity index (χ1n) is 9.05. The number of halogens is 3. The van der Waals surface area contributed by atoms with Crippen molar-refractivity contribution in [2.24, 2.45) is 5.92 Å². The van der Waals surface area contributed by atoms with Crippen LogP contribution in [-0.4, -0.2) is 37.0 Å². The predicted molar refractivity (Wildman–Crippen MR) is 108 cm³/mol. The average molecular weight is 415 g/mol. The van der Waals surface area contributed by atoms with Gasteiger partial charge in [0, 0.05) is 18.0 Å². The van der Waals surface area contributed by atoms with E-state index in [-0.39, 0.29) is 29.9 Å². The molecule has 3 rings (SSSR count). The fraction of sp³-hybridized carbons (Fsp3) is 0.450. The van der Waals surface area contributed by atoms with Crippen LogP contribution in [0.5, 0.6) is 0 Å². The van der Waals surface area contributed by atoms with Gasteiger partial charge in [0.05, 0.1) is 6.42 Å². The van der Waals surface area contributed by atoms with Crippen LogP contribution in [0.4, 0.5) is 8.78 Å². The summed E-state index contributed by atoms with van der Waals surface area (Å²) >= 11 is 1.59. The maximum Gasteiger partial charge on any atom is 0.225 e. The molecule has 0 atom stereocenters. The maximum atomic E-state index is 13.8. The van der Waals surface area contributed by atoms with Gasteiger partial charge in [-0.15, -0.1) is 23.7 Å². The third-order valence-electron chi connectivity index (χ3n) is 4.89. The SMILES string of the molecule is Cl.O=C(Cc1cccs1)NCCN1CCC(Cc2cc(F)ccc2F)CC1. The maximum absolute atomic E-state index is 13.8. The average Bonchev–Trinajstić information content (AvgIpc) is 3.12. The molecule has 1 aliphatic heterocycles. The van der Waals surface area contributed by atoms with E-state index >= 15 is 0 Å². The van der Waals surface area contributed by atoms with Gasteiger partial charge in [-0.3, -0.25) is 4.79 Å². The van der Waals surface area contributed by atoms with Crippen molar-refractivity contribution in [3.05, 3.63) is 57.8 Å². The molecule has 0 saturated carbocycles. The van der Waals surface area contributed by atoms with E-state index in [1.807, 2.05) is 17.5 Å². The summed E-state index contributed by atoms with van der Waals surface area (Å²) in [6.45, 7) is 3.34. The smallest absolute Gasteiger partial charge is 0.225 e. The van der Waals surface area contributed by atoms with Gasteiger partial charge >= 0.3 is 0 Å². The van der Waals surface area contributed by atoms with Crippen molar-refractivity contribution in [2.75, 3.05) is 26.2 Å². The summed E-state index contributed by atoms with van der Waals surface area (Å²) in [5, 5.41) is 4.94. The Labute approximate surface area is 169 Å². The van der Waals surface area contributed by atoms with E-state index in [9.17, 15) is 13.6 Å². The molecule has 148 valence electrons. The zero-order chi connectivity index (χ0) is 18.4. The summed E-state index contributed by atoms with van der Waals surface area (Å²) in [4.78, 5) is 15.3. The number of nitrogens with one attached hydrogen (secondary N) is 1. The van der Waals surface area contributed by atoms with Gasteiger partial charge < -0.3 is 10.2 Å². The van der Waals surface area contributed by atoms with E-state index in [1.165, 1.54) is 12.1 Å². The normalized spacial score (nSPS) is 15.3. The molecular formula is C20H25ClF2N2OS. The summed E-state index contributed by atoms with van der Waals surface area (Å²) in [6.07, 6.45) is 2.98. The lowest BCUT2D eigenvalue weighted by atomic mass is 9.90. The van der Waals surface area contributed by atoms with Crippen LogP contribution in [0.1, 0.15) is 23.3 Å². The highest BCUT2D eigenvalue weighted by molar-refractivity contribution is 7.10. The molecular weight excluding hydrogens is 390 g/mol. The van der Waals surface area contributed by atoms with E-state index in [0.29, 0.717) is 30.9 Å². The molecule has 2 aromatic rings. The zero-order valence-corrected chi connectivity index (χ0v) is 16.8. The molecule has 27 heavy (non-hydrogen) atoms. The number of thiophene rings is 1. The number of rotatable bonds is 7. The first kappa shape index (κ1) is 21.8. The van der Waals surface area contributed by atoms with Gasteiger partial charge in [-0.25, -0.2) is 8.78 Å². The van der Waals surface area contributed by atoms with Gasteiger partial charge in [0.15, 0.2) is 0 Å². The molecule has 0 unspecified atom stereocenters. The van der Waals surface area contributed by atoms with Crippen LogP contribution in [0.25, 0.3) is 0 Å². The number of carbonyl (C=O) groups excluding carboxylic acids is 1. The Morgan fingerprint density at radius 3 is 2.70 bits per heavy atom. The van der Waals surface area contributed by atoms with Gasteiger partial charge in [-0.1, -0.05) is 6.07 Å². The monoisotopic (exact) mass is 414 g/mol. The molecule has 1 N–H and O–H groups in total. The zero-order valence-electron chi connectivity index (χ0n) is 15.1. The lowest BCUT2D eigenvalue weighted by Gasteiger charge is -2.32. The number of benzene rings is 1. The van der Waals surface area contributed by atoms with Gasteiger partial charge in [0.2, 0.25) is 5.91 Å². The van der Waals surface area contributed by atoms with E-state index in [4.69, 9.17) is 0 Å². The fourth-order valence-corrected chi connectivity index (χ4v) is 4.12. The highest BCUT2D eigenvalue weighted by Crippen LogP contribution is 2.23. The standard InChI is InChI=1S/C20H24F2N2OS.ClH/c21-17-3-4-19(22)16(13-17)12-15-5-8-24(9-6-15)10-7-23-20(25)14-18-2-1-11-26-18;/h1-4,11,13,15H,5-10,12,14H2,(H,23,25);1H. The lowest BCUT2D eigenvalue weighted by molar-refractivity contribution is -0.120. The predicted octanol–water partition coefficient (Wildman–Crippen LogP) is 4.06. The summed E-state index contributed by atoms with van der Waals surface area (Å²) < 4.78 is 27.0. The number of hydrogen-bond acceptors (Lipinski definition) is 3. The Bertz CT molecular complexity index is 719. The van der Waals surface area contributed by atoms with Crippen molar-refractivity contribution >= 4 is 29.7 Å². The third-order valence-corrected chi connectivity index (χ3v) is 5.76. The van der Waals surface area contributed by atoms with Gasteiger partial charge in [-0.05, 0) is 73.5 Å².